The van der Waals surface area contributed by atoms with Gasteiger partial charge >= 0.3 is 11.9 Å². The zero-order valence-corrected chi connectivity index (χ0v) is 39.7. The van der Waals surface area contributed by atoms with Crippen LogP contribution in [0.25, 0.3) is 0 Å². The lowest BCUT2D eigenvalue weighted by Crippen LogP contribution is -2.28. The average Bonchev–Trinajstić information content (AvgIpc) is 3.25. The first-order valence-electron chi connectivity index (χ1n) is 25.8. The van der Waals surface area contributed by atoms with Crippen LogP contribution < -0.4 is 0 Å². The summed E-state index contributed by atoms with van der Waals surface area (Å²) in [5.74, 6) is -0.588. The van der Waals surface area contributed by atoms with Crippen molar-refractivity contribution in [2.45, 2.75) is 264 Å². The number of aliphatic hydroxyl groups is 1. The molecular weight excluding hydrogens is 741 g/mol. The standard InChI is InChI=1S/C55H98O5/c1-3-5-7-9-11-13-15-17-19-21-23-25-26-27-28-30-32-34-36-38-40-42-44-46-48-50-55(58)60-53(51-56)52-59-54(57)49-47-45-43-41-39-37-35-33-31-29-24-22-20-18-16-14-12-10-8-6-4-2/h5,7,11,13,17,19,22-25,53,56H,3-4,6,8-10,12,14-16,18,20-21,26-52H2,1-2H3/b7-5-,13-11-,19-17-,24-22-,25-23-. The minimum atomic E-state index is -0.775. The quantitative estimate of drug-likeness (QED) is 0.0375. The topological polar surface area (TPSA) is 72.8 Å². The highest BCUT2D eigenvalue weighted by molar-refractivity contribution is 5.70. The molecule has 0 aliphatic carbocycles. The molecule has 0 saturated carbocycles. The minimum absolute atomic E-state index is 0.0673. The van der Waals surface area contributed by atoms with Crippen molar-refractivity contribution in [2.75, 3.05) is 13.2 Å². The molecule has 348 valence electrons. The lowest BCUT2D eigenvalue weighted by Gasteiger charge is -2.15. The normalized spacial score (nSPS) is 12.7. The summed E-state index contributed by atoms with van der Waals surface area (Å²) in [6.45, 7) is 4.05. The molecule has 0 fully saturated rings. The second-order valence-corrected chi connectivity index (χ2v) is 17.2. The molecule has 0 aromatic rings. The highest BCUT2D eigenvalue weighted by Crippen LogP contribution is 2.15. The van der Waals surface area contributed by atoms with Crippen molar-refractivity contribution in [2.24, 2.45) is 0 Å². The largest absolute Gasteiger partial charge is 0.462 e. The molecule has 0 aromatic heterocycles. The highest BCUT2D eigenvalue weighted by atomic mass is 16.6. The van der Waals surface area contributed by atoms with Crippen LogP contribution in [0.2, 0.25) is 0 Å². The zero-order chi connectivity index (χ0) is 43.5. The summed E-state index contributed by atoms with van der Waals surface area (Å²) in [5, 5.41) is 9.63. The Kier molecular flexibility index (Phi) is 48.9. The number of unbranched alkanes of at least 4 members (excludes halogenated alkanes) is 29. The number of esters is 2. The van der Waals surface area contributed by atoms with Gasteiger partial charge in [-0.15, -0.1) is 0 Å². The van der Waals surface area contributed by atoms with Crippen molar-refractivity contribution >= 4 is 11.9 Å². The molecule has 0 aromatic carbocycles. The molecule has 0 amide bonds. The third-order valence-electron chi connectivity index (χ3n) is 11.3. The fourth-order valence-corrected chi connectivity index (χ4v) is 7.42. The summed E-state index contributed by atoms with van der Waals surface area (Å²) in [5.41, 5.74) is 0. The first-order valence-corrected chi connectivity index (χ1v) is 25.8. The molecule has 0 bridgehead atoms. The maximum Gasteiger partial charge on any atom is 0.306 e. The average molecular weight is 839 g/mol. The Morgan fingerprint density at radius 2 is 0.717 bits per heavy atom. The number of carbonyl (C=O) groups excluding carboxylic acids is 2. The van der Waals surface area contributed by atoms with Gasteiger partial charge < -0.3 is 14.6 Å². The summed E-state index contributed by atoms with van der Waals surface area (Å²) >= 11 is 0. The first-order chi connectivity index (χ1) is 29.6. The summed E-state index contributed by atoms with van der Waals surface area (Å²) < 4.78 is 10.7. The Morgan fingerprint density at radius 3 is 1.10 bits per heavy atom. The van der Waals surface area contributed by atoms with Crippen LogP contribution in [0.3, 0.4) is 0 Å². The second-order valence-electron chi connectivity index (χ2n) is 17.2. The smallest absolute Gasteiger partial charge is 0.306 e. The van der Waals surface area contributed by atoms with Gasteiger partial charge in [-0.05, 0) is 77.0 Å². The van der Waals surface area contributed by atoms with Crippen molar-refractivity contribution in [1.82, 2.24) is 0 Å². The fraction of sp³-hybridized carbons (Fsp3) is 0.782. The van der Waals surface area contributed by atoms with Gasteiger partial charge in [0.2, 0.25) is 0 Å². The van der Waals surface area contributed by atoms with Gasteiger partial charge in [0.25, 0.3) is 0 Å². The van der Waals surface area contributed by atoms with E-state index in [9.17, 15) is 14.7 Å². The van der Waals surface area contributed by atoms with Crippen LogP contribution in [0.15, 0.2) is 60.8 Å². The third-order valence-corrected chi connectivity index (χ3v) is 11.3. The number of hydrogen-bond donors (Lipinski definition) is 1. The van der Waals surface area contributed by atoms with Crippen LogP contribution in [-0.2, 0) is 19.1 Å². The van der Waals surface area contributed by atoms with Gasteiger partial charge in [-0.2, -0.15) is 0 Å². The van der Waals surface area contributed by atoms with E-state index in [4.69, 9.17) is 9.47 Å². The molecule has 0 saturated heterocycles. The van der Waals surface area contributed by atoms with Crippen LogP contribution in [0, 0.1) is 0 Å². The maximum atomic E-state index is 12.3. The molecule has 0 rings (SSSR count). The molecule has 5 nitrogen and oxygen atoms in total. The summed E-state index contributed by atoms with van der Waals surface area (Å²) in [6.07, 6.45) is 67.4. The predicted octanol–water partition coefficient (Wildman–Crippen LogP) is 17.1. The number of carbonyl (C=O) groups is 2. The van der Waals surface area contributed by atoms with Crippen LogP contribution in [0.4, 0.5) is 0 Å². The van der Waals surface area contributed by atoms with Crippen LogP contribution in [0.5, 0.6) is 0 Å². The Labute approximate surface area is 372 Å². The van der Waals surface area contributed by atoms with Crippen LogP contribution in [0.1, 0.15) is 258 Å². The van der Waals surface area contributed by atoms with E-state index < -0.39 is 6.10 Å². The number of ether oxygens (including phenoxy) is 2. The van der Waals surface area contributed by atoms with Gasteiger partial charge in [-0.25, -0.2) is 0 Å². The molecule has 5 heteroatoms. The molecular formula is C55H98O5. The third kappa shape index (κ3) is 48.3. The summed E-state index contributed by atoms with van der Waals surface area (Å²) in [7, 11) is 0. The summed E-state index contributed by atoms with van der Waals surface area (Å²) in [4.78, 5) is 24.5. The Bertz CT molecular complexity index is 1040. The van der Waals surface area contributed by atoms with E-state index in [1.807, 2.05) is 0 Å². The lowest BCUT2D eigenvalue weighted by molar-refractivity contribution is -0.161. The van der Waals surface area contributed by atoms with E-state index in [1.54, 1.807) is 0 Å². The molecule has 1 unspecified atom stereocenters. The van der Waals surface area contributed by atoms with Crippen molar-refractivity contribution in [1.29, 1.82) is 0 Å². The number of aliphatic hydroxyl groups excluding tert-OH is 1. The highest BCUT2D eigenvalue weighted by Gasteiger charge is 2.16. The SMILES string of the molecule is CC/C=C\C/C=C\C/C=C\C/C=C\CCCCCCCCCCCCCCC(=O)OC(CO)COC(=O)CCCCCCCCCCC/C=C\CCCCCCCCCC. The molecule has 1 atom stereocenters. The van der Waals surface area contributed by atoms with Gasteiger partial charge in [0.1, 0.15) is 6.61 Å². The van der Waals surface area contributed by atoms with Crippen molar-refractivity contribution in [3.8, 4) is 0 Å². The van der Waals surface area contributed by atoms with E-state index >= 15 is 0 Å². The number of rotatable bonds is 47. The Hall–Kier alpha value is -2.40. The van der Waals surface area contributed by atoms with E-state index in [0.29, 0.717) is 12.8 Å². The lowest BCUT2D eigenvalue weighted by atomic mass is 10.0. The van der Waals surface area contributed by atoms with E-state index in [0.717, 1.165) is 64.2 Å². The van der Waals surface area contributed by atoms with E-state index in [1.165, 1.54) is 167 Å². The number of allylic oxidation sites excluding steroid dienone is 10. The van der Waals surface area contributed by atoms with Gasteiger partial charge in [-0.1, -0.05) is 229 Å². The Morgan fingerprint density at radius 1 is 0.400 bits per heavy atom. The van der Waals surface area contributed by atoms with Crippen molar-refractivity contribution < 1.29 is 24.2 Å². The zero-order valence-electron chi connectivity index (χ0n) is 39.7. The molecule has 60 heavy (non-hydrogen) atoms. The molecule has 0 aliphatic heterocycles. The van der Waals surface area contributed by atoms with Gasteiger partial charge in [-0.3, -0.25) is 9.59 Å². The van der Waals surface area contributed by atoms with Crippen molar-refractivity contribution in [3.63, 3.8) is 0 Å². The fourth-order valence-electron chi connectivity index (χ4n) is 7.42. The maximum absolute atomic E-state index is 12.3. The molecule has 1 N–H and O–H groups in total. The van der Waals surface area contributed by atoms with E-state index in [-0.39, 0.29) is 25.2 Å². The van der Waals surface area contributed by atoms with Crippen molar-refractivity contribution in [3.05, 3.63) is 60.8 Å². The van der Waals surface area contributed by atoms with Gasteiger partial charge in [0.15, 0.2) is 6.10 Å². The predicted molar refractivity (Wildman–Crippen MR) is 260 cm³/mol. The monoisotopic (exact) mass is 839 g/mol. The molecule has 0 heterocycles. The first kappa shape index (κ1) is 57.6. The van der Waals surface area contributed by atoms with Crippen LogP contribution in [-0.4, -0.2) is 36.4 Å². The van der Waals surface area contributed by atoms with Gasteiger partial charge in [0.05, 0.1) is 6.61 Å². The molecule has 0 spiro atoms. The summed E-state index contributed by atoms with van der Waals surface area (Å²) in [6, 6.07) is 0. The minimum Gasteiger partial charge on any atom is -0.462 e. The van der Waals surface area contributed by atoms with Crippen LogP contribution >= 0.6 is 0 Å². The number of hydrogen-bond acceptors (Lipinski definition) is 5. The molecule has 0 radical (unpaired) electrons. The van der Waals surface area contributed by atoms with E-state index in [2.05, 4.69) is 74.6 Å². The van der Waals surface area contributed by atoms with Gasteiger partial charge in [0, 0.05) is 12.8 Å². The molecule has 0 aliphatic rings. The second kappa shape index (κ2) is 51.0. The Balaban J connectivity index is 3.50.